The highest BCUT2D eigenvalue weighted by Crippen LogP contribution is 2.31. The summed E-state index contributed by atoms with van der Waals surface area (Å²) in [6.07, 6.45) is 3.94. The molecule has 4 heterocycles. The van der Waals surface area contributed by atoms with E-state index in [1.165, 1.54) is 0 Å². The van der Waals surface area contributed by atoms with E-state index in [1.807, 2.05) is 39.6 Å². The second-order valence-corrected chi connectivity index (χ2v) is 7.32. The monoisotopic (exact) mass is 432 g/mol. The van der Waals surface area contributed by atoms with Gasteiger partial charge in [-0.1, -0.05) is 16.8 Å². The smallest absolute Gasteiger partial charge is 0.137 e. The highest BCUT2D eigenvalue weighted by atomic mass is 35.5. The molecule has 0 amide bonds. The zero-order chi connectivity index (χ0) is 21.4. The van der Waals surface area contributed by atoms with Crippen molar-refractivity contribution in [3.8, 4) is 29.0 Å². The number of fused-ring (bicyclic) bond motifs is 5. The van der Waals surface area contributed by atoms with Crippen LogP contribution in [0.5, 0.6) is 5.75 Å². The van der Waals surface area contributed by atoms with Gasteiger partial charge in [0.05, 0.1) is 42.7 Å². The van der Waals surface area contributed by atoms with Crippen LogP contribution < -0.4 is 4.74 Å². The number of ether oxygens (including phenoxy) is 2. The number of methoxy groups -OCH3 is 2. The van der Waals surface area contributed by atoms with Crippen LogP contribution in [0.25, 0.3) is 11.4 Å². The number of imidazole rings is 1. The zero-order valence-electron chi connectivity index (χ0n) is 16.8. The SMILES string of the molecule is COCc1nnn2c1Cc1c(C#Cc3ccc(OC)cn3)ncn1-c1ccc(Cl)cc1-2. The van der Waals surface area contributed by atoms with Gasteiger partial charge in [-0.05, 0) is 42.2 Å². The molecule has 0 bridgehead atoms. The minimum absolute atomic E-state index is 0.357. The Labute approximate surface area is 183 Å². The van der Waals surface area contributed by atoms with Crippen LogP contribution in [0.1, 0.15) is 28.5 Å². The number of nitrogens with zero attached hydrogens (tertiary/aromatic N) is 6. The van der Waals surface area contributed by atoms with E-state index in [-0.39, 0.29) is 0 Å². The highest BCUT2D eigenvalue weighted by molar-refractivity contribution is 6.30. The van der Waals surface area contributed by atoms with Gasteiger partial charge in [-0.2, -0.15) is 0 Å². The van der Waals surface area contributed by atoms with Crippen molar-refractivity contribution in [3.63, 3.8) is 0 Å². The van der Waals surface area contributed by atoms with E-state index in [0.717, 1.165) is 28.5 Å². The average molecular weight is 433 g/mol. The summed E-state index contributed by atoms with van der Waals surface area (Å²) in [5.74, 6) is 6.92. The van der Waals surface area contributed by atoms with Gasteiger partial charge < -0.3 is 9.47 Å². The van der Waals surface area contributed by atoms with E-state index < -0.39 is 0 Å². The van der Waals surface area contributed by atoms with Crippen LogP contribution in [0.4, 0.5) is 0 Å². The first-order valence-electron chi connectivity index (χ1n) is 9.49. The average Bonchev–Trinajstić information content (AvgIpc) is 3.34. The summed E-state index contributed by atoms with van der Waals surface area (Å²) in [5, 5.41) is 9.28. The number of benzene rings is 1. The molecule has 0 atom stereocenters. The fourth-order valence-electron chi connectivity index (χ4n) is 3.53. The molecule has 0 spiro atoms. The Balaban J connectivity index is 1.64. The second-order valence-electron chi connectivity index (χ2n) is 6.88. The van der Waals surface area contributed by atoms with Gasteiger partial charge in [-0.3, -0.25) is 4.57 Å². The van der Waals surface area contributed by atoms with Crippen molar-refractivity contribution in [2.45, 2.75) is 13.0 Å². The van der Waals surface area contributed by atoms with Gasteiger partial charge in [0, 0.05) is 18.6 Å². The Hall–Kier alpha value is -3.67. The molecule has 154 valence electrons. The fraction of sp³-hybridized carbons (Fsp3) is 0.182. The molecule has 0 unspecified atom stereocenters. The second kappa shape index (κ2) is 7.87. The Morgan fingerprint density at radius 3 is 2.74 bits per heavy atom. The molecule has 0 radical (unpaired) electrons. The maximum Gasteiger partial charge on any atom is 0.137 e. The predicted molar refractivity (Wildman–Crippen MR) is 114 cm³/mol. The summed E-state index contributed by atoms with van der Waals surface area (Å²) in [6, 6.07) is 9.29. The third kappa shape index (κ3) is 3.44. The van der Waals surface area contributed by atoms with Crippen LogP contribution in [0.2, 0.25) is 5.02 Å². The minimum Gasteiger partial charge on any atom is -0.495 e. The van der Waals surface area contributed by atoms with E-state index in [4.69, 9.17) is 21.1 Å². The predicted octanol–water partition coefficient (Wildman–Crippen LogP) is 2.96. The molecule has 5 rings (SSSR count). The lowest BCUT2D eigenvalue weighted by Gasteiger charge is -2.09. The molecular formula is C22H17ClN6O2. The molecule has 0 saturated heterocycles. The highest BCUT2D eigenvalue weighted by Gasteiger charge is 2.25. The van der Waals surface area contributed by atoms with Crippen LogP contribution in [-0.2, 0) is 17.8 Å². The third-order valence-corrected chi connectivity index (χ3v) is 5.27. The first kappa shape index (κ1) is 19.3. The first-order chi connectivity index (χ1) is 15.2. The molecule has 0 N–H and O–H groups in total. The number of halogens is 1. The normalized spacial score (nSPS) is 11.6. The van der Waals surface area contributed by atoms with Crippen molar-refractivity contribution in [2.75, 3.05) is 14.2 Å². The van der Waals surface area contributed by atoms with Gasteiger partial charge in [-0.15, -0.1) is 5.10 Å². The van der Waals surface area contributed by atoms with Gasteiger partial charge >= 0.3 is 0 Å². The lowest BCUT2D eigenvalue weighted by Crippen LogP contribution is -2.04. The standard InChI is InChI=1S/C22H17ClN6O2/c1-30-12-18-21-10-20-17(7-5-15-4-6-16(31-2)11-24-15)25-13-28(20)19-8-3-14(23)9-22(19)29(21)27-26-18/h3-4,6,8-9,11,13H,10,12H2,1-2H3. The summed E-state index contributed by atoms with van der Waals surface area (Å²) in [6.45, 7) is 0.357. The van der Waals surface area contributed by atoms with E-state index >= 15 is 0 Å². The van der Waals surface area contributed by atoms with Crippen molar-refractivity contribution in [1.29, 1.82) is 0 Å². The Morgan fingerprint density at radius 1 is 1.06 bits per heavy atom. The molecule has 31 heavy (non-hydrogen) atoms. The summed E-state index contributed by atoms with van der Waals surface area (Å²) in [7, 11) is 3.24. The molecule has 0 aliphatic carbocycles. The fourth-order valence-corrected chi connectivity index (χ4v) is 3.70. The van der Waals surface area contributed by atoms with Gasteiger partial charge in [0.2, 0.25) is 0 Å². The van der Waals surface area contributed by atoms with E-state index in [0.29, 0.717) is 35.2 Å². The largest absolute Gasteiger partial charge is 0.495 e. The van der Waals surface area contributed by atoms with Gasteiger partial charge in [0.25, 0.3) is 0 Å². The van der Waals surface area contributed by atoms with Crippen molar-refractivity contribution in [3.05, 3.63) is 76.3 Å². The topological polar surface area (TPSA) is 79.9 Å². The van der Waals surface area contributed by atoms with E-state index in [1.54, 1.807) is 26.7 Å². The molecule has 0 fully saturated rings. The van der Waals surface area contributed by atoms with E-state index in [2.05, 4.69) is 32.1 Å². The van der Waals surface area contributed by atoms with Crippen molar-refractivity contribution < 1.29 is 9.47 Å². The molecule has 0 saturated carbocycles. The molecular weight excluding hydrogens is 416 g/mol. The van der Waals surface area contributed by atoms with Crippen LogP contribution in [0, 0.1) is 11.8 Å². The molecule has 1 aromatic carbocycles. The Bertz CT molecular complexity index is 1330. The molecule has 1 aliphatic heterocycles. The number of hydrogen-bond donors (Lipinski definition) is 0. The number of pyridine rings is 1. The quantitative estimate of drug-likeness (QED) is 0.408. The van der Waals surface area contributed by atoms with Gasteiger partial charge in [0.1, 0.15) is 29.2 Å². The van der Waals surface area contributed by atoms with E-state index in [9.17, 15) is 0 Å². The van der Waals surface area contributed by atoms with Gasteiger partial charge in [0.15, 0.2) is 0 Å². The maximum absolute atomic E-state index is 6.29. The molecule has 8 nitrogen and oxygen atoms in total. The number of aromatic nitrogens is 6. The van der Waals surface area contributed by atoms with Crippen molar-refractivity contribution in [2.24, 2.45) is 0 Å². The lowest BCUT2D eigenvalue weighted by molar-refractivity contribution is 0.180. The lowest BCUT2D eigenvalue weighted by atomic mass is 10.1. The third-order valence-electron chi connectivity index (χ3n) is 5.03. The summed E-state index contributed by atoms with van der Waals surface area (Å²) in [5.41, 5.74) is 5.63. The minimum atomic E-state index is 0.357. The van der Waals surface area contributed by atoms with Crippen LogP contribution in [0.3, 0.4) is 0 Å². The molecule has 1 aliphatic rings. The Kier molecular flexibility index (Phi) is 4.90. The van der Waals surface area contributed by atoms with Crippen LogP contribution in [0.15, 0.2) is 42.9 Å². The van der Waals surface area contributed by atoms with Crippen LogP contribution in [-0.4, -0.2) is 43.7 Å². The first-order valence-corrected chi connectivity index (χ1v) is 9.86. The summed E-state index contributed by atoms with van der Waals surface area (Å²) in [4.78, 5) is 8.87. The zero-order valence-corrected chi connectivity index (χ0v) is 17.6. The Morgan fingerprint density at radius 2 is 1.97 bits per heavy atom. The number of hydrogen-bond acceptors (Lipinski definition) is 6. The number of rotatable bonds is 3. The summed E-state index contributed by atoms with van der Waals surface area (Å²) < 4.78 is 14.3. The summed E-state index contributed by atoms with van der Waals surface area (Å²) >= 11 is 6.29. The molecule has 4 aromatic rings. The van der Waals surface area contributed by atoms with Crippen molar-refractivity contribution in [1.82, 2.24) is 29.5 Å². The molecule has 3 aromatic heterocycles. The van der Waals surface area contributed by atoms with Crippen molar-refractivity contribution >= 4 is 11.6 Å². The maximum atomic E-state index is 6.29. The van der Waals surface area contributed by atoms with Crippen LogP contribution >= 0.6 is 11.6 Å². The molecule has 9 heteroatoms. The van der Waals surface area contributed by atoms with Gasteiger partial charge in [-0.25, -0.2) is 14.6 Å².